The van der Waals surface area contributed by atoms with Gasteiger partial charge in [0.2, 0.25) is 5.91 Å². The zero-order chi connectivity index (χ0) is 29.6. The van der Waals surface area contributed by atoms with Crippen LogP contribution in [0.15, 0.2) is 90.1 Å². The summed E-state index contributed by atoms with van der Waals surface area (Å²) in [5.74, 6) is -0.748. The third kappa shape index (κ3) is 6.63. The predicted molar refractivity (Wildman–Crippen MR) is 162 cm³/mol. The number of ether oxygens (including phenoxy) is 1. The predicted octanol–water partition coefficient (Wildman–Crippen LogP) is 5.31. The molecule has 7 heteroatoms. The summed E-state index contributed by atoms with van der Waals surface area (Å²) in [6.45, 7) is 10.2. The number of benzene rings is 3. The molecule has 2 amide bonds. The van der Waals surface area contributed by atoms with Crippen LogP contribution in [0.4, 0.5) is 0 Å². The summed E-state index contributed by atoms with van der Waals surface area (Å²) in [7, 11) is 0. The highest BCUT2D eigenvalue weighted by atomic mass is 16.5. The maximum atomic E-state index is 13.4. The summed E-state index contributed by atoms with van der Waals surface area (Å²) < 4.78 is 5.42. The Morgan fingerprint density at radius 2 is 1.52 bits per heavy atom. The standard InChI is InChI=1S/C35H39N3O4/c1-4-42-35(41)33-26(3)38(32(39)22-31(33)30-12-8-9-25(2)21-30)24-28-13-15-29(16-14-28)34(40)37-19-17-36(18-20-37)23-27-10-6-5-7-11-27/h5-16,21,31H,4,17-20,22-24H2,1-3H3/t31-/m0/s1. The van der Waals surface area contributed by atoms with E-state index in [0.29, 0.717) is 36.5 Å². The lowest BCUT2D eigenvalue weighted by atomic mass is 9.83. The Balaban J connectivity index is 1.26. The van der Waals surface area contributed by atoms with Crippen LogP contribution in [0.5, 0.6) is 0 Å². The topological polar surface area (TPSA) is 70.2 Å². The van der Waals surface area contributed by atoms with E-state index >= 15 is 0 Å². The van der Waals surface area contributed by atoms with Crippen molar-refractivity contribution in [1.29, 1.82) is 0 Å². The first-order valence-corrected chi connectivity index (χ1v) is 14.7. The molecule has 42 heavy (non-hydrogen) atoms. The number of hydrogen-bond acceptors (Lipinski definition) is 5. The second-order valence-corrected chi connectivity index (χ2v) is 11.1. The first kappa shape index (κ1) is 29.3. The van der Waals surface area contributed by atoms with Crippen molar-refractivity contribution in [2.75, 3.05) is 32.8 Å². The molecular weight excluding hydrogens is 526 g/mol. The van der Waals surface area contributed by atoms with Gasteiger partial charge in [0, 0.05) is 56.3 Å². The number of hydrogen-bond donors (Lipinski definition) is 0. The quantitative estimate of drug-likeness (QED) is 0.347. The second-order valence-electron chi connectivity index (χ2n) is 11.1. The third-order valence-electron chi connectivity index (χ3n) is 8.21. The summed E-state index contributed by atoms with van der Waals surface area (Å²) in [6, 6.07) is 25.8. The van der Waals surface area contributed by atoms with Crippen LogP contribution in [-0.4, -0.2) is 65.3 Å². The van der Waals surface area contributed by atoms with Gasteiger partial charge in [-0.2, -0.15) is 0 Å². The van der Waals surface area contributed by atoms with Gasteiger partial charge in [-0.15, -0.1) is 0 Å². The lowest BCUT2D eigenvalue weighted by Crippen LogP contribution is -2.48. The number of nitrogens with zero attached hydrogens (tertiary/aromatic N) is 3. The van der Waals surface area contributed by atoms with Crippen LogP contribution >= 0.6 is 0 Å². The fourth-order valence-electron chi connectivity index (χ4n) is 5.92. The van der Waals surface area contributed by atoms with E-state index in [0.717, 1.165) is 36.3 Å². The molecule has 0 aromatic heterocycles. The number of carbonyl (C=O) groups is 3. The van der Waals surface area contributed by atoms with E-state index in [1.165, 1.54) is 5.56 Å². The van der Waals surface area contributed by atoms with Crippen LogP contribution in [0.25, 0.3) is 0 Å². The molecule has 2 heterocycles. The minimum absolute atomic E-state index is 0.0247. The van der Waals surface area contributed by atoms with Gasteiger partial charge in [0.05, 0.1) is 18.7 Å². The van der Waals surface area contributed by atoms with E-state index in [4.69, 9.17) is 4.74 Å². The number of aryl methyl sites for hydroxylation is 1. The smallest absolute Gasteiger partial charge is 0.336 e. The molecule has 0 bridgehead atoms. The molecule has 2 aliphatic heterocycles. The zero-order valence-corrected chi connectivity index (χ0v) is 24.7. The molecule has 1 saturated heterocycles. The van der Waals surface area contributed by atoms with Gasteiger partial charge < -0.3 is 14.5 Å². The van der Waals surface area contributed by atoms with Crippen molar-refractivity contribution in [3.05, 3.63) is 118 Å². The molecule has 0 spiro atoms. The summed E-state index contributed by atoms with van der Waals surface area (Å²) in [4.78, 5) is 45.7. The van der Waals surface area contributed by atoms with Crippen molar-refractivity contribution in [2.24, 2.45) is 0 Å². The van der Waals surface area contributed by atoms with Crippen LogP contribution in [0, 0.1) is 6.92 Å². The van der Waals surface area contributed by atoms with Crippen molar-refractivity contribution < 1.29 is 19.1 Å². The van der Waals surface area contributed by atoms with Crippen molar-refractivity contribution in [1.82, 2.24) is 14.7 Å². The molecule has 3 aromatic rings. The van der Waals surface area contributed by atoms with Crippen LogP contribution < -0.4 is 0 Å². The maximum absolute atomic E-state index is 13.4. The third-order valence-corrected chi connectivity index (χ3v) is 8.21. The van der Waals surface area contributed by atoms with E-state index in [2.05, 4.69) is 29.2 Å². The van der Waals surface area contributed by atoms with Gasteiger partial charge >= 0.3 is 5.97 Å². The summed E-state index contributed by atoms with van der Waals surface area (Å²) in [5.41, 5.74) is 5.97. The molecule has 5 rings (SSSR count). The summed E-state index contributed by atoms with van der Waals surface area (Å²) in [5, 5.41) is 0. The minimum atomic E-state index is -0.385. The molecule has 0 aliphatic carbocycles. The Morgan fingerprint density at radius 1 is 0.833 bits per heavy atom. The molecular formula is C35H39N3O4. The average Bonchev–Trinajstić information content (AvgIpc) is 3.00. The van der Waals surface area contributed by atoms with Crippen molar-refractivity contribution in [3.8, 4) is 0 Å². The highest BCUT2D eigenvalue weighted by Crippen LogP contribution is 2.38. The number of piperazine rings is 1. The molecule has 2 aliphatic rings. The van der Waals surface area contributed by atoms with Crippen molar-refractivity contribution in [3.63, 3.8) is 0 Å². The molecule has 1 atom stereocenters. The highest BCUT2D eigenvalue weighted by Gasteiger charge is 2.37. The van der Waals surface area contributed by atoms with Crippen LogP contribution in [0.2, 0.25) is 0 Å². The fraction of sp³-hybridized carbons (Fsp3) is 0.343. The molecule has 3 aromatic carbocycles. The van der Waals surface area contributed by atoms with E-state index in [9.17, 15) is 14.4 Å². The molecule has 0 saturated carbocycles. The van der Waals surface area contributed by atoms with E-state index < -0.39 is 0 Å². The molecule has 1 fully saturated rings. The Morgan fingerprint density at radius 3 is 2.19 bits per heavy atom. The summed E-state index contributed by atoms with van der Waals surface area (Å²) in [6.07, 6.45) is 0.196. The van der Waals surface area contributed by atoms with Gasteiger partial charge in [-0.25, -0.2) is 4.79 Å². The monoisotopic (exact) mass is 565 g/mol. The van der Waals surface area contributed by atoms with Gasteiger partial charge in [0.15, 0.2) is 0 Å². The van der Waals surface area contributed by atoms with Gasteiger partial charge in [-0.1, -0.05) is 72.3 Å². The zero-order valence-electron chi connectivity index (χ0n) is 24.7. The van der Waals surface area contributed by atoms with E-state index in [1.54, 1.807) is 11.8 Å². The number of esters is 1. The van der Waals surface area contributed by atoms with Crippen LogP contribution in [-0.2, 0) is 27.4 Å². The van der Waals surface area contributed by atoms with Crippen molar-refractivity contribution >= 4 is 17.8 Å². The minimum Gasteiger partial charge on any atom is -0.463 e. The lowest BCUT2D eigenvalue weighted by molar-refractivity contribution is -0.140. The molecule has 7 nitrogen and oxygen atoms in total. The Bertz CT molecular complexity index is 1460. The fourth-order valence-corrected chi connectivity index (χ4v) is 5.92. The summed E-state index contributed by atoms with van der Waals surface area (Å²) >= 11 is 0. The molecule has 0 unspecified atom stereocenters. The van der Waals surface area contributed by atoms with E-state index in [1.807, 2.05) is 73.3 Å². The van der Waals surface area contributed by atoms with Gasteiger partial charge in [0.25, 0.3) is 5.91 Å². The second kappa shape index (κ2) is 13.2. The lowest BCUT2D eigenvalue weighted by Gasteiger charge is -2.35. The largest absolute Gasteiger partial charge is 0.463 e. The van der Waals surface area contributed by atoms with E-state index in [-0.39, 0.29) is 36.7 Å². The number of carbonyl (C=O) groups excluding carboxylic acids is 3. The normalized spacial score (nSPS) is 17.9. The van der Waals surface area contributed by atoms with Gasteiger partial charge in [0.1, 0.15) is 0 Å². The van der Waals surface area contributed by atoms with Crippen LogP contribution in [0.3, 0.4) is 0 Å². The van der Waals surface area contributed by atoms with Gasteiger partial charge in [-0.3, -0.25) is 14.5 Å². The molecule has 0 radical (unpaired) electrons. The Hall–Kier alpha value is -4.23. The van der Waals surface area contributed by atoms with Crippen molar-refractivity contribution in [2.45, 2.75) is 46.2 Å². The number of rotatable bonds is 8. The van der Waals surface area contributed by atoms with Gasteiger partial charge in [-0.05, 0) is 49.6 Å². The maximum Gasteiger partial charge on any atom is 0.336 e. The number of amides is 2. The SMILES string of the molecule is CCOC(=O)C1=C(C)N(Cc2ccc(C(=O)N3CCN(Cc4ccccc4)CC3)cc2)C(=O)C[C@H]1c1cccc(C)c1. The first-order valence-electron chi connectivity index (χ1n) is 14.7. The number of allylic oxidation sites excluding steroid dienone is 1. The molecule has 0 N–H and O–H groups in total. The average molecular weight is 566 g/mol. The Kier molecular flexibility index (Phi) is 9.18. The highest BCUT2D eigenvalue weighted by molar-refractivity contribution is 5.96. The Labute approximate surface area is 248 Å². The molecule has 218 valence electrons. The van der Waals surface area contributed by atoms with Crippen LogP contribution in [0.1, 0.15) is 58.8 Å². The first-order chi connectivity index (χ1) is 20.3.